The Hall–Kier alpha value is -2.80. The van der Waals surface area contributed by atoms with Gasteiger partial charge in [0.15, 0.2) is 11.5 Å². The molecule has 1 aromatic carbocycles. The minimum Gasteiger partial charge on any atom is -0.379 e. The van der Waals surface area contributed by atoms with Crippen LogP contribution in [0.15, 0.2) is 48.7 Å². The zero-order valence-corrected chi connectivity index (χ0v) is 15.5. The highest BCUT2D eigenvalue weighted by molar-refractivity contribution is 5.93. The molecule has 2 fully saturated rings. The zero-order chi connectivity index (χ0) is 19.6. The molecule has 28 heavy (non-hydrogen) atoms. The smallest absolute Gasteiger partial charge is 0.275 e. The Bertz CT molecular complexity index is 868. The molecule has 2 aliphatic heterocycles. The quantitative estimate of drug-likeness (QED) is 0.816. The van der Waals surface area contributed by atoms with Crippen molar-refractivity contribution in [3.63, 3.8) is 0 Å². The van der Waals surface area contributed by atoms with E-state index in [-0.39, 0.29) is 24.6 Å². The molecule has 2 saturated heterocycles. The van der Waals surface area contributed by atoms with Gasteiger partial charge < -0.3 is 14.5 Å². The highest BCUT2D eigenvalue weighted by Gasteiger charge is 2.47. The van der Waals surface area contributed by atoms with Gasteiger partial charge in [0.25, 0.3) is 5.91 Å². The third-order valence-corrected chi connectivity index (χ3v) is 5.47. The van der Waals surface area contributed by atoms with Crippen molar-refractivity contribution in [2.75, 3.05) is 26.3 Å². The second-order valence-electron chi connectivity index (χ2n) is 7.30. The monoisotopic (exact) mass is 383 g/mol. The van der Waals surface area contributed by atoms with Gasteiger partial charge in [-0.25, -0.2) is 9.37 Å². The number of halogens is 1. The fourth-order valence-corrected chi connectivity index (χ4v) is 3.97. The van der Waals surface area contributed by atoms with Gasteiger partial charge in [0.1, 0.15) is 0 Å². The molecule has 146 valence electrons. The van der Waals surface area contributed by atoms with Crippen LogP contribution in [0.3, 0.4) is 0 Å². The van der Waals surface area contributed by atoms with E-state index in [1.807, 2.05) is 35.2 Å². The Kier molecular flexibility index (Phi) is 5.09. The van der Waals surface area contributed by atoms with Crippen molar-refractivity contribution in [2.24, 2.45) is 0 Å². The number of hydrogen-bond donors (Lipinski definition) is 0. The third-order valence-electron chi connectivity index (χ3n) is 5.47. The van der Waals surface area contributed by atoms with Crippen molar-refractivity contribution >= 4 is 11.8 Å². The molecule has 0 saturated carbocycles. The van der Waals surface area contributed by atoms with E-state index in [0.717, 1.165) is 5.56 Å². The lowest BCUT2D eigenvalue weighted by molar-refractivity contribution is -0.137. The first kappa shape index (κ1) is 18.6. The van der Waals surface area contributed by atoms with Crippen molar-refractivity contribution in [2.45, 2.75) is 24.9 Å². The van der Waals surface area contributed by atoms with Crippen molar-refractivity contribution in [1.29, 1.82) is 0 Å². The zero-order valence-electron chi connectivity index (χ0n) is 15.5. The van der Waals surface area contributed by atoms with Crippen molar-refractivity contribution in [3.8, 4) is 0 Å². The number of ether oxygens (including phenoxy) is 1. The van der Waals surface area contributed by atoms with Crippen LogP contribution in [0, 0.1) is 5.82 Å². The summed E-state index contributed by atoms with van der Waals surface area (Å²) in [5.74, 6) is -1.16. The molecule has 0 aliphatic carbocycles. The molecule has 1 atom stereocenters. The fraction of sp³-hybridized carbons (Fsp3) is 0.381. The first-order chi connectivity index (χ1) is 13.6. The maximum atomic E-state index is 14.1. The first-order valence-electron chi connectivity index (χ1n) is 9.41. The van der Waals surface area contributed by atoms with E-state index < -0.39 is 17.3 Å². The van der Waals surface area contributed by atoms with Crippen LogP contribution in [-0.4, -0.2) is 58.4 Å². The topological polar surface area (TPSA) is 62.7 Å². The molecule has 1 spiro atoms. The second-order valence-corrected chi connectivity index (χ2v) is 7.30. The number of rotatable bonds is 3. The molecular formula is C21H22FN3O3. The van der Waals surface area contributed by atoms with Crippen molar-refractivity contribution < 1.29 is 18.7 Å². The Morgan fingerprint density at radius 1 is 1.21 bits per heavy atom. The minimum absolute atomic E-state index is 0.0221. The van der Waals surface area contributed by atoms with E-state index >= 15 is 0 Å². The lowest BCUT2D eigenvalue weighted by atomic mass is 9.94. The molecule has 3 heterocycles. The van der Waals surface area contributed by atoms with Crippen LogP contribution in [-0.2, 0) is 16.1 Å². The molecule has 6 nitrogen and oxygen atoms in total. The number of amides is 2. The molecule has 7 heteroatoms. The molecule has 0 N–H and O–H groups in total. The van der Waals surface area contributed by atoms with Gasteiger partial charge in [-0.3, -0.25) is 9.59 Å². The highest BCUT2D eigenvalue weighted by atomic mass is 19.1. The van der Waals surface area contributed by atoms with Crippen LogP contribution < -0.4 is 0 Å². The lowest BCUT2D eigenvalue weighted by Gasteiger charge is -2.40. The van der Waals surface area contributed by atoms with Gasteiger partial charge in [-0.05, 0) is 24.1 Å². The third kappa shape index (κ3) is 3.49. The molecule has 0 radical (unpaired) electrons. The van der Waals surface area contributed by atoms with E-state index in [1.165, 1.54) is 18.3 Å². The minimum atomic E-state index is -0.652. The van der Waals surface area contributed by atoms with Gasteiger partial charge >= 0.3 is 0 Å². The molecular weight excluding hydrogens is 361 g/mol. The summed E-state index contributed by atoms with van der Waals surface area (Å²) < 4.78 is 19.7. The van der Waals surface area contributed by atoms with Gasteiger partial charge in [0, 0.05) is 38.9 Å². The number of nitrogens with zero attached hydrogens (tertiary/aromatic N) is 3. The highest BCUT2D eigenvalue weighted by Crippen LogP contribution is 2.32. The Morgan fingerprint density at radius 2 is 2.04 bits per heavy atom. The van der Waals surface area contributed by atoms with Crippen LogP contribution in [0.4, 0.5) is 4.39 Å². The molecule has 1 aromatic heterocycles. The summed E-state index contributed by atoms with van der Waals surface area (Å²) in [7, 11) is 0. The van der Waals surface area contributed by atoms with Crippen LogP contribution in [0.2, 0.25) is 0 Å². The van der Waals surface area contributed by atoms with E-state index in [2.05, 4.69) is 4.98 Å². The van der Waals surface area contributed by atoms with E-state index in [0.29, 0.717) is 32.7 Å². The molecule has 1 unspecified atom stereocenters. The first-order valence-corrected chi connectivity index (χ1v) is 9.41. The molecule has 2 aromatic rings. The van der Waals surface area contributed by atoms with Gasteiger partial charge in [0.2, 0.25) is 5.91 Å². The molecule has 0 bridgehead atoms. The Balaban J connectivity index is 1.64. The molecule has 2 amide bonds. The summed E-state index contributed by atoms with van der Waals surface area (Å²) >= 11 is 0. The predicted octanol–water partition coefficient (Wildman–Crippen LogP) is 2.25. The summed E-state index contributed by atoms with van der Waals surface area (Å²) in [6.45, 7) is 1.89. The normalized spacial score (nSPS) is 22.5. The second kappa shape index (κ2) is 7.67. The van der Waals surface area contributed by atoms with Crippen LogP contribution in [0.5, 0.6) is 0 Å². The van der Waals surface area contributed by atoms with Gasteiger partial charge in [-0.15, -0.1) is 0 Å². The van der Waals surface area contributed by atoms with Crippen LogP contribution in [0.25, 0.3) is 0 Å². The van der Waals surface area contributed by atoms with Gasteiger partial charge in [-0.2, -0.15) is 0 Å². The Morgan fingerprint density at radius 3 is 2.75 bits per heavy atom. The maximum absolute atomic E-state index is 14.1. The average molecular weight is 383 g/mol. The van der Waals surface area contributed by atoms with Gasteiger partial charge in [-0.1, -0.05) is 30.3 Å². The Labute approximate surface area is 162 Å². The summed E-state index contributed by atoms with van der Waals surface area (Å²) in [6.07, 6.45) is 2.23. The summed E-state index contributed by atoms with van der Waals surface area (Å²) in [5.41, 5.74) is 0.211. The largest absolute Gasteiger partial charge is 0.379 e. The van der Waals surface area contributed by atoms with Crippen LogP contribution >= 0.6 is 0 Å². The number of carbonyl (C=O) groups excluding carboxylic acids is 2. The lowest BCUT2D eigenvalue weighted by Crippen LogP contribution is -2.56. The molecule has 2 aliphatic rings. The summed E-state index contributed by atoms with van der Waals surface area (Å²) in [5, 5.41) is 0. The van der Waals surface area contributed by atoms with E-state index in [9.17, 15) is 14.0 Å². The average Bonchev–Trinajstić information content (AvgIpc) is 3.14. The van der Waals surface area contributed by atoms with E-state index in [1.54, 1.807) is 4.90 Å². The van der Waals surface area contributed by atoms with E-state index in [4.69, 9.17) is 4.74 Å². The summed E-state index contributed by atoms with van der Waals surface area (Å²) in [6, 6.07) is 12.4. The predicted molar refractivity (Wildman–Crippen MR) is 99.9 cm³/mol. The van der Waals surface area contributed by atoms with Crippen LogP contribution in [0.1, 0.15) is 28.9 Å². The number of pyridine rings is 1. The number of hydrogen-bond acceptors (Lipinski definition) is 4. The SMILES string of the molecule is O=C(c1ncccc1F)N1CCC(=O)N(Cc2ccccc2)C2(CCOC2)C1. The molecule has 4 rings (SSSR count). The summed E-state index contributed by atoms with van der Waals surface area (Å²) in [4.78, 5) is 33.2. The number of carbonyl (C=O) groups is 2. The number of aromatic nitrogens is 1. The number of benzene rings is 1. The van der Waals surface area contributed by atoms with Crippen molar-refractivity contribution in [3.05, 3.63) is 65.7 Å². The van der Waals surface area contributed by atoms with Gasteiger partial charge in [0.05, 0.1) is 12.1 Å². The maximum Gasteiger partial charge on any atom is 0.275 e. The van der Waals surface area contributed by atoms with Crippen molar-refractivity contribution in [1.82, 2.24) is 14.8 Å². The fourth-order valence-electron chi connectivity index (χ4n) is 3.97. The standard InChI is InChI=1S/C21H22FN3O3/c22-17-7-4-10-23-19(17)20(27)24-11-8-18(26)25(13-16-5-2-1-3-6-16)21(14-24)9-12-28-15-21/h1-7,10H,8-9,11-15H2.